The predicted octanol–water partition coefficient (Wildman–Crippen LogP) is 3.27. The van der Waals surface area contributed by atoms with Crippen molar-refractivity contribution < 1.29 is 8.42 Å². The molecular weight excluding hydrogens is 308 g/mol. The highest BCUT2D eigenvalue weighted by Gasteiger charge is 2.21. The fourth-order valence-electron chi connectivity index (χ4n) is 2.06. The molecule has 3 N–H and O–H groups in total. The smallest absolute Gasteiger partial charge is 0.241 e. The number of benzene rings is 2. The Morgan fingerprint density at radius 2 is 1.81 bits per heavy atom. The fraction of sp³-hybridized carbons (Fsp3) is 0.200. The summed E-state index contributed by atoms with van der Waals surface area (Å²) in [6.07, 6.45) is 0. The molecule has 21 heavy (non-hydrogen) atoms. The van der Waals surface area contributed by atoms with Gasteiger partial charge in [0.1, 0.15) is 0 Å². The summed E-state index contributed by atoms with van der Waals surface area (Å²) in [6.45, 7) is 3.48. The number of anilines is 1. The Hall–Kier alpha value is -1.56. The summed E-state index contributed by atoms with van der Waals surface area (Å²) in [5.74, 6) is 0. The van der Waals surface area contributed by atoms with Gasteiger partial charge in [0, 0.05) is 6.04 Å². The molecule has 0 spiro atoms. The van der Waals surface area contributed by atoms with Crippen LogP contribution in [0, 0.1) is 6.92 Å². The molecule has 0 aliphatic rings. The van der Waals surface area contributed by atoms with E-state index in [4.69, 9.17) is 17.3 Å². The number of halogens is 1. The van der Waals surface area contributed by atoms with E-state index in [0.717, 1.165) is 5.56 Å². The van der Waals surface area contributed by atoms with Gasteiger partial charge in [-0.3, -0.25) is 0 Å². The number of nitrogens with two attached hydrogens (primary N) is 1. The molecule has 1 atom stereocenters. The lowest BCUT2D eigenvalue weighted by atomic mass is 10.1. The van der Waals surface area contributed by atoms with Crippen molar-refractivity contribution in [1.82, 2.24) is 4.72 Å². The largest absolute Gasteiger partial charge is 0.397 e. The first-order chi connectivity index (χ1) is 9.81. The molecule has 112 valence electrons. The third-order valence-electron chi connectivity index (χ3n) is 3.22. The molecule has 2 aromatic carbocycles. The van der Waals surface area contributed by atoms with Crippen molar-refractivity contribution in [1.29, 1.82) is 0 Å². The normalized spacial score (nSPS) is 13.1. The molecule has 0 aromatic heterocycles. The molecule has 4 nitrogen and oxygen atoms in total. The first-order valence-electron chi connectivity index (χ1n) is 6.44. The Morgan fingerprint density at radius 1 is 1.19 bits per heavy atom. The van der Waals surface area contributed by atoms with E-state index in [-0.39, 0.29) is 16.6 Å². The average Bonchev–Trinajstić information content (AvgIpc) is 2.43. The molecule has 0 radical (unpaired) electrons. The third-order valence-corrected chi connectivity index (χ3v) is 5.23. The number of nitrogens with one attached hydrogen (secondary N) is 1. The van der Waals surface area contributed by atoms with Gasteiger partial charge >= 0.3 is 0 Å². The third kappa shape index (κ3) is 3.56. The lowest BCUT2D eigenvalue weighted by molar-refractivity contribution is 0.566. The molecule has 0 amide bonds. The quantitative estimate of drug-likeness (QED) is 0.848. The molecule has 0 saturated carbocycles. The first kappa shape index (κ1) is 15.8. The van der Waals surface area contributed by atoms with Crippen molar-refractivity contribution in [3.8, 4) is 0 Å². The van der Waals surface area contributed by atoms with Gasteiger partial charge in [-0.15, -0.1) is 0 Å². The summed E-state index contributed by atoms with van der Waals surface area (Å²) in [7, 11) is -3.67. The Morgan fingerprint density at radius 3 is 2.43 bits per heavy atom. The monoisotopic (exact) mass is 324 g/mol. The van der Waals surface area contributed by atoms with Crippen molar-refractivity contribution in [2.45, 2.75) is 24.8 Å². The summed E-state index contributed by atoms with van der Waals surface area (Å²) in [6, 6.07) is 12.0. The van der Waals surface area contributed by atoms with Gasteiger partial charge in [-0.2, -0.15) is 0 Å². The van der Waals surface area contributed by atoms with Gasteiger partial charge in [0.05, 0.1) is 15.6 Å². The van der Waals surface area contributed by atoms with Gasteiger partial charge in [-0.1, -0.05) is 41.9 Å². The van der Waals surface area contributed by atoms with Gasteiger partial charge in [0.15, 0.2) is 0 Å². The number of hydrogen-bond donors (Lipinski definition) is 2. The Kier molecular flexibility index (Phi) is 4.56. The van der Waals surface area contributed by atoms with Crippen molar-refractivity contribution in [3.63, 3.8) is 0 Å². The van der Waals surface area contributed by atoms with Crippen LogP contribution in [0.3, 0.4) is 0 Å². The average molecular weight is 325 g/mol. The number of aryl methyl sites for hydroxylation is 1. The van der Waals surface area contributed by atoms with Crippen molar-refractivity contribution in [2.75, 3.05) is 5.73 Å². The lowest BCUT2D eigenvalue weighted by Gasteiger charge is -2.16. The molecule has 2 aromatic rings. The van der Waals surface area contributed by atoms with E-state index < -0.39 is 10.0 Å². The molecule has 0 aliphatic carbocycles. The zero-order valence-corrected chi connectivity index (χ0v) is 13.4. The molecule has 0 aliphatic heterocycles. The zero-order valence-electron chi connectivity index (χ0n) is 11.8. The molecule has 6 heteroatoms. The van der Waals surface area contributed by atoms with Crippen LogP contribution in [0.2, 0.25) is 5.02 Å². The van der Waals surface area contributed by atoms with Crippen LogP contribution in [0.15, 0.2) is 47.4 Å². The van der Waals surface area contributed by atoms with E-state index in [1.165, 1.54) is 6.07 Å². The Labute approximate surface area is 130 Å². The zero-order chi connectivity index (χ0) is 15.6. The number of sulfonamides is 1. The first-order valence-corrected chi connectivity index (χ1v) is 8.30. The summed E-state index contributed by atoms with van der Waals surface area (Å²) < 4.78 is 27.6. The highest BCUT2D eigenvalue weighted by molar-refractivity contribution is 7.89. The van der Waals surface area contributed by atoms with Gasteiger partial charge in [0.2, 0.25) is 10.0 Å². The van der Waals surface area contributed by atoms with Crippen LogP contribution in [0.1, 0.15) is 24.1 Å². The SMILES string of the molecule is Cc1cc(Cl)c(N)cc1S(=O)(=O)NC(C)c1ccccc1. The van der Waals surface area contributed by atoms with Gasteiger partial charge in [-0.25, -0.2) is 13.1 Å². The van der Waals surface area contributed by atoms with Gasteiger partial charge in [0.25, 0.3) is 0 Å². The van der Waals surface area contributed by atoms with E-state index in [1.807, 2.05) is 30.3 Å². The van der Waals surface area contributed by atoms with Crippen LogP contribution in [-0.2, 0) is 10.0 Å². The highest BCUT2D eigenvalue weighted by atomic mass is 35.5. The number of hydrogen-bond acceptors (Lipinski definition) is 3. The molecule has 0 saturated heterocycles. The summed E-state index contributed by atoms with van der Waals surface area (Å²) in [5, 5.41) is 0.350. The van der Waals surface area contributed by atoms with Crippen LogP contribution in [0.25, 0.3) is 0 Å². The van der Waals surface area contributed by atoms with Crippen LogP contribution >= 0.6 is 11.6 Å². The molecule has 0 bridgehead atoms. The second-order valence-electron chi connectivity index (χ2n) is 4.89. The van der Waals surface area contributed by atoms with E-state index in [0.29, 0.717) is 10.6 Å². The van der Waals surface area contributed by atoms with Crippen molar-refractivity contribution in [3.05, 3.63) is 58.6 Å². The Balaban J connectivity index is 2.33. The van der Waals surface area contributed by atoms with Crippen molar-refractivity contribution in [2.24, 2.45) is 0 Å². The van der Waals surface area contributed by atoms with Crippen LogP contribution < -0.4 is 10.5 Å². The van der Waals surface area contributed by atoms with Gasteiger partial charge in [-0.05, 0) is 37.1 Å². The molecule has 0 fully saturated rings. The van der Waals surface area contributed by atoms with Crippen LogP contribution in [0.4, 0.5) is 5.69 Å². The maximum absolute atomic E-state index is 12.5. The van der Waals surface area contributed by atoms with E-state index in [9.17, 15) is 8.42 Å². The second-order valence-corrected chi connectivity index (χ2v) is 6.98. The maximum Gasteiger partial charge on any atom is 0.241 e. The van der Waals surface area contributed by atoms with E-state index in [1.54, 1.807) is 19.9 Å². The highest BCUT2D eigenvalue weighted by Crippen LogP contribution is 2.27. The number of nitrogen functional groups attached to an aromatic ring is 1. The second kappa shape index (κ2) is 6.05. The molecule has 0 heterocycles. The maximum atomic E-state index is 12.5. The minimum Gasteiger partial charge on any atom is -0.397 e. The standard InChI is InChI=1S/C15H17ClN2O2S/c1-10-8-13(16)14(17)9-15(10)21(19,20)18-11(2)12-6-4-3-5-7-12/h3-9,11,18H,17H2,1-2H3. The van der Waals surface area contributed by atoms with Crippen LogP contribution in [-0.4, -0.2) is 8.42 Å². The summed E-state index contributed by atoms with van der Waals surface area (Å²) in [5.41, 5.74) is 7.40. The van der Waals surface area contributed by atoms with Crippen molar-refractivity contribution >= 4 is 27.3 Å². The topological polar surface area (TPSA) is 72.2 Å². The molecule has 2 rings (SSSR count). The Bertz CT molecular complexity index is 746. The lowest BCUT2D eigenvalue weighted by Crippen LogP contribution is -2.27. The van der Waals surface area contributed by atoms with E-state index >= 15 is 0 Å². The molecular formula is C15H17ClN2O2S. The fourth-order valence-corrected chi connectivity index (χ4v) is 3.78. The minimum atomic E-state index is -3.67. The summed E-state index contributed by atoms with van der Waals surface area (Å²) in [4.78, 5) is 0.146. The van der Waals surface area contributed by atoms with Crippen LogP contribution in [0.5, 0.6) is 0 Å². The van der Waals surface area contributed by atoms with E-state index in [2.05, 4.69) is 4.72 Å². The molecule has 1 unspecified atom stereocenters. The van der Waals surface area contributed by atoms with Gasteiger partial charge < -0.3 is 5.73 Å². The minimum absolute atomic E-state index is 0.146. The predicted molar refractivity (Wildman–Crippen MR) is 85.8 cm³/mol. The summed E-state index contributed by atoms with van der Waals surface area (Å²) >= 11 is 5.90. The number of rotatable bonds is 4.